The number of halogens is 2. The van der Waals surface area contributed by atoms with E-state index in [1.54, 1.807) is 23.9 Å². The number of aliphatic hydroxyl groups excluding tert-OH is 1. The van der Waals surface area contributed by atoms with Crippen LogP contribution in [0.2, 0.25) is 10.0 Å². The lowest BCUT2D eigenvalue weighted by Gasteiger charge is -2.10. The number of hydrogen-bond donors (Lipinski definition) is 1. The molecule has 0 bridgehead atoms. The van der Waals surface area contributed by atoms with Gasteiger partial charge in [-0.3, -0.25) is 0 Å². The molecule has 1 atom stereocenters. The van der Waals surface area contributed by atoms with E-state index in [4.69, 9.17) is 23.2 Å². The van der Waals surface area contributed by atoms with Crippen LogP contribution in [0.4, 0.5) is 0 Å². The van der Waals surface area contributed by atoms with Crippen LogP contribution in [0.5, 0.6) is 0 Å². The number of thioether (sulfide) groups is 1. The molecule has 2 aromatic carbocycles. The summed E-state index contributed by atoms with van der Waals surface area (Å²) in [5.41, 5.74) is 0.904. The van der Waals surface area contributed by atoms with Gasteiger partial charge in [0, 0.05) is 20.7 Å². The Balaban J connectivity index is 1.82. The third-order valence-electron chi connectivity index (χ3n) is 2.73. The number of benzene rings is 2. The third kappa shape index (κ3) is 4.73. The monoisotopic (exact) mass is 312 g/mol. The van der Waals surface area contributed by atoms with E-state index in [9.17, 15) is 5.11 Å². The van der Waals surface area contributed by atoms with Crippen LogP contribution in [-0.4, -0.2) is 10.9 Å². The second-order valence-corrected chi connectivity index (χ2v) is 6.20. The minimum atomic E-state index is -0.447. The van der Waals surface area contributed by atoms with Crippen molar-refractivity contribution in [1.82, 2.24) is 0 Å². The Hall–Kier alpha value is -0.670. The number of hydrogen-bond acceptors (Lipinski definition) is 2. The lowest BCUT2D eigenvalue weighted by molar-refractivity contribution is 0.175. The lowest BCUT2D eigenvalue weighted by Crippen LogP contribution is -1.98. The highest BCUT2D eigenvalue weighted by atomic mass is 35.5. The van der Waals surface area contributed by atoms with Crippen LogP contribution in [0, 0.1) is 0 Å². The highest BCUT2D eigenvalue weighted by Gasteiger charge is 2.07. The van der Waals surface area contributed by atoms with Gasteiger partial charge in [0.05, 0.1) is 6.10 Å². The minimum absolute atomic E-state index is 0.447. The van der Waals surface area contributed by atoms with E-state index in [0.717, 1.165) is 21.2 Å². The summed E-state index contributed by atoms with van der Waals surface area (Å²) in [7, 11) is 0. The molecule has 1 nitrogen and oxygen atoms in total. The Labute approximate surface area is 127 Å². The molecule has 0 radical (unpaired) electrons. The van der Waals surface area contributed by atoms with Crippen LogP contribution in [0.15, 0.2) is 53.4 Å². The Morgan fingerprint density at radius 2 is 1.42 bits per heavy atom. The highest BCUT2D eigenvalue weighted by Crippen LogP contribution is 2.25. The Kier molecular flexibility index (Phi) is 5.59. The van der Waals surface area contributed by atoms with Gasteiger partial charge >= 0.3 is 0 Å². The van der Waals surface area contributed by atoms with Crippen molar-refractivity contribution >= 4 is 35.0 Å². The second kappa shape index (κ2) is 7.20. The zero-order valence-corrected chi connectivity index (χ0v) is 12.6. The normalized spacial score (nSPS) is 12.4. The summed E-state index contributed by atoms with van der Waals surface area (Å²) in [6.07, 6.45) is 0.256. The summed E-state index contributed by atoms with van der Waals surface area (Å²) in [6.45, 7) is 0. The maximum Gasteiger partial charge on any atom is 0.0798 e. The topological polar surface area (TPSA) is 20.2 Å². The van der Waals surface area contributed by atoms with Crippen LogP contribution >= 0.6 is 35.0 Å². The molecule has 0 heterocycles. The molecule has 2 rings (SSSR count). The summed E-state index contributed by atoms with van der Waals surface area (Å²) in [6, 6.07) is 15.0. The van der Waals surface area contributed by atoms with Crippen molar-refractivity contribution in [3.8, 4) is 0 Å². The van der Waals surface area contributed by atoms with Gasteiger partial charge in [0.1, 0.15) is 0 Å². The molecule has 0 spiro atoms. The molecule has 0 amide bonds. The Bertz CT molecular complexity index is 511. The maximum atomic E-state index is 10.1. The highest BCUT2D eigenvalue weighted by molar-refractivity contribution is 7.99. The molecule has 0 saturated carbocycles. The Morgan fingerprint density at radius 3 is 2.00 bits per heavy atom. The average molecular weight is 313 g/mol. The number of aliphatic hydroxyl groups is 1. The molecule has 0 saturated heterocycles. The second-order valence-electron chi connectivity index (χ2n) is 4.16. The zero-order chi connectivity index (χ0) is 13.7. The fourth-order valence-electron chi connectivity index (χ4n) is 1.67. The van der Waals surface area contributed by atoms with Gasteiger partial charge in [-0.25, -0.2) is 0 Å². The van der Waals surface area contributed by atoms with E-state index in [0.29, 0.717) is 11.4 Å². The van der Waals surface area contributed by atoms with Crippen molar-refractivity contribution in [3.05, 3.63) is 64.1 Å². The summed E-state index contributed by atoms with van der Waals surface area (Å²) in [5.74, 6) is 0.853. The van der Waals surface area contributed by atoms with Gasteiger partial charge in [-0.2, -0.15) is 0 Å². The van der Waals surface area contributed by atoms with Crippen molar-refractivity contribution in [2.24, 2.45) is 0 Å². The quantitative estimate of drug-likeness (QED) is 0.765. The van der Waals surface area contributed by atoms with Crippen molar-refractivity contribution in [2.45, 2.75) is 17.4 Å². The molecule has 19 heavy (non-hydrogen) atoms. The first kappa shape index (κ1) is 14.7. The zero-order valence-electron chi connectivity index (χ0n) is 10.2. The SMILES string of the molecule is O[C@H](CCSc1ccc(Cl)cc1)c1ccc(Cl)cc1. The lowest BCUT2D eigenvalue weighted by atomic mass is 10.1. The molecule has 0 unspecified atom stereocenters. The molecule has 0 aliphatic heterocycles. The fourth-order valence-corrected chi connectivity index (χ4v) is 2.83. The smallest absolute Gasteiger partial charge is 0.0798 e. The van der Waals surface area contributed by atoms with Crippen LogP contribution in [0.3, 0.4) is 0 Å². The van der Waals surface area contributed by atoms with Gasteiger partial charge in [-0.05, 0) is 48.4 Å². The first-order chi connectivity index (χ1) is 9.15. The molecule has 0 aliphatic carbocycles. The van der Waals surface area contributed by atoms with Gasteiger partial charge in [-0.1, -0.05) is 35.3 Å². The number of rotatable bonds is 5. The fraction of sp³-hybridized carbons (Fsp3) is 0.200. The molecule has 0 aliphatic rings. The van der Waals surface area contributed by atoms with E-state index in [1.807, 2.05) is 36.4 Å². The summed E-state index contributed by atoms with van der Waals surface area (Å²) < 4.78 is 0. The van der Waals surface area contributed by atoms with Crippen molar-refractivity contribution < 1.29 is 5.11 Å². The van der Waals surface area contributed by atoms with E-state index >= 15 is 0 Å². The van der Waals surface area contributed by atoms with Crippen LogP contribution in [0.1, 0.15) is 18.1 Å². The third-order valence-corrected chi connectivity index (χ3v) is 4.28. The van der Waals surface area contributed by atoms with Crippen LogP contribution in [-0.2, 0) is 0 Å². The van der Waals surface area contributed by atoms with E-state index in [1.165, 1.54) is 0 Å². The summed E-state index contributed by atoms with van der Waals surface area (Å²) in [5, 5.41) is 11.5. The summed E-state index contributed by atoms with van der Waals surface area (Å²) in [4.78, 5) is 1.16. The van der Waals surface area contributed by atoms with Crippen LogP contribution < -0.4 is 0 Å². The van der Waals surface area contributed by atoms with Gasteiger partial charge < -0.3 is 5.11 Å². The molecule has 4 heteroatoms. The van der Waals surface area contributed by atoms with Crippen molar-refractivity contribution in [2.75, 3.05) is 5.75 Å². The standard InChI is InChI=1S/C15H14Cl2OS/c16-12-3-1-11(2-4-12)15(18)9-10-19-14-7-5-13(17)6-8-14/h1-8,15,18H,9-10H2/t15-/m1/s1. The van der Waals surface area contributed by atoms with E-state index in [2.05, 4.69) is 0 Å². The molecular weight excluding hydrogens is 299 g/mol. The first-order valence-electron chi connectivity index (χ1n) is 5.97. The molecule has 0 aromatic heterocycles. The van der Waals surface area contributed by atoms with E-state index < -0.39 is 6.10 Å². The molecule has 0 fully saturated rings. The van der Waals surface area contributed by atoms with Gasteiger partial charge in [0.25, 0.3) is 0 Å². The Morgan fingerprint density at radius 1 is 0.895 bits per heavy atom. The molecule has 1 N–H and O–H groups in total. The van der Waals surface area contributed by atoms with Crippen molar-refractivity contribution in [1.29, 1.82) is 0 Å². The van der Waals surface area contributed by atoms with Gasteiger partial charge in [-0.15, -0.1) is 11.8 Å². The molecule has 2 aromatic rings. The van der Waals surface area contributed by atoms with Crippen LogP contribution in [0.25, 0.3) is 0 Å². The largest absolute Gasteiger partial charge is 0.388 e. The predicted octanol–water partition coefficient (Wildman–Crippen LogP) is 5.21. The average Bonchev–Trinajstić information content (AvgIpc) is 2.41. The summed E-state index contributed by atoms with van der Waals surface area (Å²) >= 11 is 13.4. The predicted molar refractivity (Wildman–Crippen MR) is 83.2 cm³/mol. The maximum absolute atomic E-state index is 10.1. The van der Waals surface area contributed by atoms with Gasteiger partial charge in [0.2, 0.25) is 0 Å². The van der Waals surface area contributed by atoms with Crippen molar-refractivity contribution in [3.63, 3.8) is 0 Å². The van der Waals surface area contributed by atoms with Gasteiger partial charge in [0.15, 0.2) is 0 Å². The minimum Gasteiger partial charge on any atom is -0.388 e. The molecule has 100 valence electrons. The first-order valence-corrected chi connectivity index (χ1v) is 7.71. The molecular formula is C15H14Cl2OS. The van der Waals surface area contributed by atoms with E-state index in [-0.39, 0.29) is 0 Å².